The molecule has 3 rings (SSSR count). The minimum atomic E-state index is 0.858. The summed E-state index contributed by atoms with van der Waals surface area (Å²) >= 11 is 0. The standard InChI is InChI=1S/C20H27N3/c1-22(2)19-10-6-17(7-11-19)16-21-18-8-12-20(13-9-18)23-14-4-3-5-15-23/h6-13,21H,3-5,14-16H2,1-2H3. The third-order valence-corrected chi connectivity index (χ3v) is 4.54. The van der Waals surface area contributed by atoms with Crippen LogP contribution in [0.5, 0.6) is 0 Å². The van der Waals surface area contributed by atoms with Crippen LogP contribution in [0.15, 0.2) is 48.5 Å². The molecule has 2 aromatic carbocycles. The molecule has 1 heterocycles. The number of anilines is 3. The molecule has 0 radical (unpaired) electrons. The third kappa shape index (κ3) is 4.19. The van der Waals surface area contributed by atoms with E-state index in [0.717, 1.165) is 6.54 Å². The Morgan fingerprint density at radius 3 is 2.13 bits per heavy atom. The largest absolute Gasteiger partial charge is 0.381 e. The highest BCUT2D eigenvalue weighted by molar-refractivity contribution is 5.55. The zero-order valence-electron chi connectivity index (χ0n) is 14.3. The van der Waals surface area contributed by atoms with Crippen molar-refractivity contribution in [3.05, 3.63) is 54.1 Å². The normalized spacial score (nSPS) is 14.6. The predicted octanol–water partition coefficient (Wildman–Crippen LogP) is 4.36. The SMILES string of the molecule is CN(C)c1ccc(CNc2ccc(N3CCCCC3)cc2)cc1. The van der Waals surface area contributed by atoms with E-state index in [9.17, 15) is 0 Å². The summed E-state index contributed by atoms with van der Waals surface area (Å²) in [7, 11) is 4.13. The molecule has 0 aliphatic carbocycles. The van der Waals surface area contributed by atoms with Crippen molar-refractivity contribution in [1.29, 1.82) is 0 Å². The van der Waals surface area contributed by atoms with E-state index in [0.29, 0.717) is 0 Å². The van der Waals surface area contributed by atoms with Crippen molar-refractivity contribution in [3.8, 4) is 0 Å². The maximum Gasteiger partial charge on any atom is 0.0400 e. The molecule has 1 saturated heterocycles. The molecule has 122 valence electrons. The molecular weight excluding hydrogens is 282 g/mol. The first kappa shape index (κ1) is 15.7. The summed E-state index contributed by atoms with van der Waals surface area (Å²) < 4.78 is 0. The number of nitrogens with zero attached hydrogens (tertiary/aromatic N) is 2. The highest BCUT2D eigenvalue weighted by Crippen LogP contribution is 2.22. The van der Waals surface area contributed by atoms with Gasteiger partial charge in [0, 0.05) is 50.8 Å². The molecule has 3 heteroatoms. The van der Waals surface area contributed by atoms with E-state index in [-0.39, 0.29) is 0 Å². The van der Waals surface area contributed by atoms with Gasteiger partial charge in [0.2, 0.25) is 0 Å². The van der Waals surface area contributed by atoms with Crippen molar-refractivity contribution in [2.24, 2.45) is 0 Å². The predicted molar refractivity (Wildman–Crippen MR) is 101 cm³/mol. The summed E-state index contributed by atoms with van der Waals surface area (Å²) in [6.45, 7) is 3.26. The third-order valence-electron chi connectivity index (χ3n) is 4.54. The molecule has 0 unspecified atom stereocenters. The van der Waals surface area contributed by atoms with E-state index in [1.807, 2.05) is 0 Å². The zero-order chi connectivity index (χ0) is 16.1. The average molecular weight is 309 g/mol. The van der Waals surface area contributed by atoms with Gasteiger partial charge in [0.05, 0.1) is 0 Å². The lowest BCUT2D eigenvalue weighted by molar-refractivity contribution is 0.578. The van der Waals surface area contributed by atoms with Crippen LogP contribution < -0.4 is 15.1 Å². The maximum absolute atomic E-state index is 3.51. The second-order valence-corrected chi connectivity index (χ2v) is 6.51. The monoisotopic (exact) mass is 309 g/mol. The van der Waals surface area contributed by atoms with Crippen LogP contribution in [0.1, 0.15) is 24.8 Å². The summed E-state index contributed by atoms with van der Waals surface area (Å²) in [4.78, 5) is 4.61. The molecule has 3 nitrogen and oxygen atoms in total. The molecule has 1 aliphatic rings. The van der Waals surface area contributed by atoms with Gasteiger partial charge in [-0.3, -0.25) is 0 Å². The zero-order valence-corrected chi connectivity index (χ0v) is 14.3. The quantitative estimate of drug-likeness (QED) is 0.885. The Labute approximate surface area is 139 Å². The Hall–Kier alpha value is -2.16. The first-order valence-corrected chi connectivity index (χ1v) is 8.57. The fraction of sp³-hybridized carbons (Fsp3) is 0.400. The summed E-state index contributed by atoms with van der Waals surface area (Å²) in [5.74, 6) is 0. The summed E-state index contributed by atoms with van der Waals surface area (Å²) in [6, 6.07) is 17.6. The molecule has 23 heavy (non-hydrogen) atoms. The molecule has 0 saturated carbocycles. The molecule has 0 amide bonds. The van der Waals surface area contributed by atoms with Gasteiger partial charge >= 0.3 is 0 Å². The van der Waals surface area contributed by atoms with Gasteiger partial charge in [0.15, 0.2) is 0 Å². The lowest BCUT2D eigenvalue weighted by Gasteiger charge is -2.28. The van der Waals surface area contributed by atoms with Gasteiger partial charge < -0.3 is 15.1 Å². The van der Waals surface area contributed by atoms with Crippen molar-refractivity contribution in [2.75, 3.05) is 42.3 Å². The number of piperidine rings is 1. The van der Waals surface area contributed by atoms with E-state index < -0.39 is 0 Å². The molecule has 0 bridgehead atoms. The van der Waals surface area contributed by atoms with Crippen LogP contribution >= 0.6 is 0 Å². The molecule has 1 N–H and O–H groups in total. The van der Waals surface area contributed by atoms with Crippen molar-refractivity contribution in [1.82, 2.24) is 0 Å². The summed E-state index contributed by atoms with van der Waals surface area (Å²) in [5, 5.41) is 3.51. The van der Waals surface area contributed by atoms with Crippen molar-refractivity contribution < 1.29 is 0 Å². The Balaban J connectivity index is 1.55. The summed E-state index contributed by atoms with van der Waals surface area (Å²) in [5.41, 5.74) is 5.07. The van der Waals surface area contributed by atoms with Gasteiger partial charge in [-0.2, -0.15) is 0 Å². The van der Waals surface area contributed by atoms with Gasteiger partial charge in [-0.15, -0.1) is 0 Å². The first-order valence-electron chi connectivity index (χ1n) is 8.57. The molecule has 0 spiro atoms. The smallest absolute Gasteiger partial charge is 0.0400 e. The number of rotatable bonds is 5. The number of hydrogen-bond donors (Lipinski definition) is 1. The second kappa shape index (κ2) is 7.40. The minimum Gasteiger partial charge on any atom is -0.381 e. The fourth-order valence-corrected chi connectivity index (χ4v) is 3.06. The highest BCUT2D eigenvalue weighted by Gasteiger charge is 2.10. The lowest BCUT2D eigenvalue weighted by Crippen LogP contribution is -2.29. The van der Waals surface area contributed by atoms with Crippen LogP contribution in [0.4, 0.5) is 17.1 Å². The van der Waals surface area contributed by atoms with Crippen LogP contribution in [-0.4, -0.2) is 27.2 Å². The highest BCUT2D eigenvalue weighted by atomic mass is 15.1. The molecule has 1 aliphatic heterocycles. The topological polar surface area (TPSA) is 18.5 Å². The Morgan fingerprint density at radius 2 is 1.52 bits per heavy atom. The van der Waals surface area contributed by atoms with Crippen molar-refractivity contribution in [2.45, 2.75) is 25.8 Å². The van der Waals surface area contributed by atoms with Crippen LogP contribution in [0.3, 0.4) is 0 Å². The van der Waals surface area contributed by atoms with Crippen LogP contribution in [0.2, 0.25) is 0 Å². The molecule has 0 aromatic heterocycles. The second-order valence-electron chi connectivity index (χ2n) is 6.51. The van der Waals surface area contributed by atoms with Gasteiger partial charge in [-0.1, -0.05) is 12.1 Å². The van der Waals surface area contributed by atoms with Crippen LogP contribution in [-0.2, 0) is 6.54 Å². The van der Waals surface area contributed by atoms with Crippen molar-refractivity contribution >= 4 is 17.1 Å². The van der Waals surface area contributed by atoms with Crippen LogP contribution in [0.25, 0.3) is 0 Å². The number of benzene rings is 2. The van der Waals surface area contributed by atoms with Gasteiger partial charge in [0.1, 0.15) is 0 Å². The first-order chi connectivity index (χ1) is 11.2. The van der Waals surface area contributed by atoms with E-state index >= 15 is 0 Å². The number of nitrogens with one attached hydrogen (secondary N) is 1. The van der Waals surface area contributed by atoms with E-state index in [2.05, 4.69) is 77.7 Å². The average Bonchev–Trinajstić information content (AvgIpc) is 2.61. The minimum absolute atomic E-state index is 0.858. The Kier molecular flexibility index (Phi) is 5.06. The van der Waals surface area contributed by atoms with Crippen LogP contribution in [0, 0.1) is 0 Å². The van der Waals surface area contributed by atoms with E-state index in [1.165, 1.54) is 55.0 Å². The molecule has 1 fully saturated rings. The maximum atomic E-state index is 3.51. The molecule has 0 atom stereocenters. The summed E-state index contributed by atoms with van der Waals surface area (Å²) in [6.07, 6.45) is 4.02. The molecule has 2 aromatic rings. The van der Waals surface area contributed by atoms with Gasteiger partial charge in [0.25, 0.3) is 0 Å². The fourth-order valence-electron chi connectivity index (χ4n) is 3.06. The lowest BCUT2D eigenvalue weighted by atomic mass is 10.1. The number of hydrogen-bond acceptors (Lipinski definition) is 3. The van der Waals surface area contributed by atoms with Crippen molar-refractivity contribution in [3.63, 3.8) is 0 Å². The Morgan fingerprint density at radius 1 is 0.870 bits per heavy atom. The van der Waals surface area contributed by atoms with Gasteiger partial charge in [-0.05, 0) is 61.2 Å². The van der Waals surface area contributed by atoms with E-state index in [4.69, 9.17) is 0 Å². The molecular formula is C20H27N3. The Bertz CT molecular complexity index is 596. The van der Waals surface area contributed by atoms with E-state index in [1.54, 1.807) is 0 Å². The van der Waals surface area contributed by atoms with Gasteiger partial charge in [-0.25, -0.2) is 0 Å².